The van der Waals surface area contributed by atoms with E-state index in [0.717, 1.165) is 5.56 Å². The maximum absolute atomic E-state index is 12.7. The Morgan fingerprint density at radius 3 is 2.54 bits per heavy atom. The fraction of sp³-hybridized carbons (Fsp3) is 0.316. The number of hydrogen-bond donors (Lipinski definition) is 0. The summed E-state index contributed by atoms with van der Waals surface area (Å²) in [7, 11) is 0. The van der Waals surface area contributed by atoms with Crippen LogP contribution in [-0.2, 0) is 0 Å². The van der Waals surface area contributed by atoms with E-state index in [4.69, 9.17) is 27.7 Å². The predicted molar refractivity (Wildman–Crippen MR) is 110 cm³/mol. The van der Waals surface area contributed by atoms with Crippen LogP contribution in [0.5, 0.6) is 0 Å². The van der Waals surface area contributed by atoms with Crippen molar-refractivity contribution in [2.75, 3.05) is 26.2 Å². The first-order chi connectivity index (χ1) is 13.5. The number of thiophene rings is 1. The Kier molecular flexibility index (Phi) is 5.68. The van der Waals surface area contributed by atoms with Crippen LogP contribution in [0.3, 0.4) is 0 Å². The van der Waals surface area contributed by atoms with Crippen LogP contribution in [0.1, 0.15) is 29.2 Å². The van der Waals surface area contributed by atoms with Crippen molar-refractivity contribution in [1.82, 2.24) is 19.9 Å². The van der Waals surface area contributed by atoms with Gasteiger partial charge in [0.05, 0.1) is 15.9 Å². The van der Waals surface area contributed by atoms with Gasteiger partial charge in [-0.25, -0.2) is 0 Å². The Balaban J connectivity index is 1.39. The topological polar surface area (TPSA) is 62.5 Å². The van der Waals surface area contributed by atoms with Crippen LogP contribution in [0.25, 0.3) is 11.4 Å². The summed E-state index contributed by atoms with van der Waals surface area (Å²) in [5.41, 5.74) is 1.40. The van der Waals surface area contributed by atoms with Crippen molar-refractivity contribution in [3.63, 3.8) is 0 Å². The lowest BCUT2D eigenvalue weighted by Crippen LogP contribution is -2.49. The van der Waals surface area contributed by atoms with Crippen molar-refractivity contribution in [2.24, 2.45) is 0 Å². The summed E-state index contributed by atoms with van der Waals surface area (Å²) in [6.45, 7) is 4.67. The first-order valence-corrected chi connectivity index (χ1v) is 10.5. The molecule has 1 aliphatic rings. The third-order valence-electron chi connectivity index (χ3n) is 4.87. The molecule has 0 N–H and O–H groups in total. The Hall–Kier alpha value is -1.93. The molecule has 146 valence electrons. The lowest BCUT2D eigenvalue weighted by atomic mass is 10.2. The summed E-state index contributed by atoms with van der Waals surface area (Å²) < 4.78 is 6.44. The third-order valence-corrected chi connectivity index (χ3v) is 6.36. The molecular formula is C19H18Cl2N4O2S. The number of halogens is 2. The normalized spacial score (nSPS) is 16.3. The Labute approximate surface area is 176 Å². The smallest absolute Gasteiger partial charge is 0.256 e. The SMILES string of the molecule is CC(c1nc(-c2ccccc2)no1)N1CCN(C(=O)c2cc(Cl)sc2Cl)CC1. The molecule has 1 unspecified atom stereocenters. The monoisotopic (exact) mass is 436 g/mol. The number of nitrogens with zero attached hydrogens (tertiary/aromatic N) is 4. The molecule has 28 heavy (non-hydrogen) atoms. The molecule has 4 rings (SSSR count). The van der Waals surface area contributed by atoms with Crippen molar-refractivity contribution in [3.05, 3.63) is 56.5 Å². The minimum Gasteiger partial charge on any atom is -0.337 e. The second-order valence-electron chi connectivity index (χ2n) is 6.56. The third kappa shape index (κ3) is 3.93. The molecule has 1 aliphatic heterocycles. The second-order valence-corrected chi connectivity index (χ2v) is 8.85. The van der Waals surface area contributed by atoms with Crippen LogP contribution in [0.15, 0.2) is 40.9 Å². The average molecular weight is 437 g/mol. The molecule has 0 saturated carbocycles. The van der Waals surface area contributed by atoms with Crippen molar-refractivity contribution in [3.8, 4) is 11.4 Å². The van der Waals surface area contributed by atoms with Crippen LogP contribution < -0.4 is 0 Å². The number of benzene rings is 1. The lowest BCUT2D eigenvalue weighted by molar-refractivity contribution is 0.0552. The molecule has 1 saturated heterocycles. The van der Waals surface area contributed by atoms with E-state index >= 15 is 0 Å². The van der Waals surface area contributed by atoms with Crippen molar-refractivity contribution in [2.45, 2.75) is 13.0 Å². The van der Waals surface area contributed by atoms with E-state index in [-0.39, 0.29) is 11.9 Å². The first-order valence-electron chi connectivity index (χ1n) is 8.90. The molecule has 0 bridgehead atoms. The zero-order valence-corrected chi connectivity index (χ0v) is 17.5. The van der Waals surface area contributed by atoms with Crippen LogP contribution in [0.2, 0.25) is 8.67 Å². The van der Waals surface area contributed by atoms with Gasteiger partial charge >= 0.3 is 0 Å². The van der Waals surface area contributed by atoms with E-state index < -0.39 is 0 Å². The molecule has 3 heterocycles. The van der Waals surface area contributed by atoms with Gasteiger partial charge in [-0.15, -0.1) is 11.3 Å². The van der Waals surface area contributed by atoms with Gasteiger partial charge in [-0.2, -0.15) is 4.98 Å². The van der Waals surface area contributed by atoms with Gasteiger partial charge in [-0.3, -0.25) is 9.69 Å². The quantitative estimate of drug-likeness (QED) is 0.596. The van der Waals surface area contributed by atoms with Crippen LogP contribution in [-0.4, -0.2) is 52.0 Å². The van der Waals surface area contributed by atoms with Gasteiger partial charge in [0, 0.05) is 31.7 Å². The minimum atomic E-state index is -0.0791. The highest BCUT2D eigenvalue weighted by molar-refractivity contribution is 7.20. The summed E-state index contributed by atoms with van der Waals surface area (Å²) in [5, 5.41) is 4.09. The van der Waals surface area contributed by atoms with Crippen molar-refractivity contribution < 1.29 is 9.32 Å². The average Bonchev–Trinajstić information content (AvgIpc) is 3.34. The highest BCUT2D eigenvalue weighted by Crippen LogP contribution is 2.32. The fourth-order valence-electron chi connectivity index (χ4n) is 3.23. The first kappa shape index (κ1) is 19.4. The summed E-state index contributed by atoms with van der Waals surface area (Å²) in [6.07, 6.45) is 0. The lowest BCUT2D eigenvalue weighted by Gasteiger charge is -2.36. The second kappa shape index (κ2) is 8.21. The number of carbonyl (C=O) groups excluding carboxylic acids is 1. The zero-order valence-electron chi connectivity index (χ0n) is 15.1. The van der Waals surface area contributed by atoms with Gasteiger partial charge < -0.3 is 9.42 Å². The highest BCUT2D eigenvalue weighted by atomic mass is 35.5. The van der Waals surface area contributed by atoms with E-state index in [0.29, 0.717) is 52.1 Å². The van der Waals surface area contributed by atoms with Crippen LogP contribution in [0, 0.1) is 0 Å². The molecule has 0 aliphatic carbocycles. The zero-order chi connectivity index (χ0) is 19.7. The number of piperazine rings is 1. The number of hydrogen-bond acceptors (Lipinski definition) is 6. The largest absolute Gasteiger partial charge is 0.337 e. The maximum atomic E-state index is 12.7. The molecule has 3 aromatic rings. The summed E-state index contributed by atoms with van der Waals surface area (Å²) >= 11 is 13.3. The summed E-state index contributed by atoms with van der Waals surface area (Å²) in [6, 6.07) is 11.3. The van der Waals surface area contributed by atoms with Crippen molar-refractivity contribution in [1.29, 1.82) is 0 Å². The molecule has 0 spiro atoms. The number of amides is 1. The Morgan fingerprint density at radius 2 is 1.89 bits per heavy atom. The van der Waals surface area contributed by atoms with Gasteiger partial charge in [-0.1, -0.05) is 58.7 Å². The maximum Gasteiger partial charge on any atom is 0.256 e. The van der Waals surface area contributed by atoms with Gasteiger partial charge in [0.2, 0.25) is 11.7 Å². The molecule has 9 heteroatoms. The molecule has 1 amide bonds. The molecule has 2 aromatic heterocycles. The number of carbonyl (C=O) groups is 1. The van der Waals surface area contributed by atoms with Gasteiger partial charge in [0.15, 0.2) is 0 Å². The molecule has 0 radical (unpaired) electrons. The van der Waals surface area contributed by atoms with E-state index in [1.165, 1.54) is 11.3 Å². The van der Waals surface area contributed by atoms with E-state index in [9.17, 15) is 4.79 Å². The molecule has 1 fully saturated rings. The van der Waals surface area contributed by atoms with E-state index in [1.54, 1.807) is 11.0 Å². The minimum absolute atomic E-state index is 0.0265. The summed E-state index contributed by atoms with van der Waals surface area (Å²) in [5.74, 6) is 1.08. The van der Waals surface area contributed by atoms with E-state index in [2.05, 4.69) is 15.0 Å². The van der Waals surface area contributed by atoms with Gasteiger partial charge in [0.25, 0.3) is 5.91 Å². The summed E-state index contributed by atoms with van der Waals surface area (Å²) in [4.78, 5) is 21.2. The van der Waals surface area contributed by atoms with Crippen molar-refractivity contribution >= 4 is 40.4 Å². The highest BCUT2D eigenvalue weighted by Gasteiger charge is 2.29. The number of rotatable bonds is 4. The molecule has 6 nitrogen and oxygen atoms in total. The Morgan fingerprint density at radius 1 is 1.18 bits per heavy atom. The molecule has 1 atom stereocenters. The predicted octanol–water partition coefficient (Wildman–Crippen LogP) is 4.62. The fourth-order valence-corrected chi connectivity index (χ4v) is 4.68. The molecule has 1 aromatic carbocycles. The Bertz CT molecular complexity index is 967. The van der Waals surface area contributed by atoms with Gasteiger partial charge in [-0.05, 0) is 13.0 Å². The van der Waals surface area contributed by atoms with Gasteiger partial charge in [0.1, 0.15) is 4.34 Å². The van der Waals surface area contributed by atoms with E-state index in [1.807, 2.05) is 37.3 Å². The van der Waals surface area contributed by atoms with Crippen LogP contribution in [0.4, 0.5) is 0 Å². The molecular weight excluding hydrogens is 419 g/mol. The number of aromatic nitrogens is 2. The standard InChI is InChI=1S/C19H18Cl2N4O2S/c1-12(18-22-17(23-27-18)13-5-3-2-4-6-13)24-7-9-25(10-8-24)19(26)14-11-15(20)28-16(14)21/h2-6,11-12H,7-10H2,1H3. The van der Waals surface area contributed by atoms with Crippen LogP contribution >= 0.6 is 34.5 Å².